The molecule has 0 unspecified atom stereocenters. The van der Waals surface area contributed by atoms with Crippen LogP contribution in [0.25, 0.3) is 61.0 Å². The number of para-hydroxylation sites is 5. The van der Waals surface area contributed by atoms with Crippen LogP contribution in [0.4, 0.5) is 0 Å². The van der Waals surface area contributed by atoms with Gasteiger partial charge in [0.1, 0.15) is 0 Å². The molecule has 4 nitrogen and oxygen atoms in total. The molecule has 1 aliphatic rings. The summed E-state index contributed by atoms with van der Waals surface area (Å²) >= 11 is 1.87. The van der Waals surface area contributed by atoms with Gasteiger partial charge in [-0.15, -0.1) is 0 Å². The van der Waals surface area contributed by atoms with Gasteiger partial charge >= 0.3 is 0 Å². The van der Waals surface area contributed by atoms with Gasteiger partial charge in [-0.2, -0.15) is 0 Å². The molecule has 8 aromatic carbocycles. The molecule has 0 amide bonds. The summed E-state index contributed by atoms with van der Waals surface area (Å²) in [6.07, 6.45) is 0. The molecule has 0 fully saturated rings. The fourth-order valence-corrected chi connectivity index (χ4v) is 10.6. The van der Waals surface area contributed by atoms with Gasteiger partial charge in [0.05, 0.1) is 44.2 Å². The van der Waals surface area contributed by atoms with Crippen molar-refractivity contribution in [3.63, 3.8) is 0 Å². The Labute approximate surface area is 321 Å². The lowest BCUT2D eigenvalue weighted by Gasteiger charge is -2.43. The number of fused-ring (bicyclic) bond motifs is 10. The van der Waals surface area contributed by atoms with Gasteiger partial charge in [-0.1, -0.05) is 139 Å². The Bertz CT molecular complexity index is 3260. The molecule has 0 saturated heterocycles. The molecule has 0 bridgehead atoms. The Kier molecular flexibility index (Phi) is 6.45. The Balaban J connectivity index is 1.18. The highest BCUT2D eigenvalue weighted by molar-refractivity contribution is 7.99. The van der Waals surface area contributed by atoms with Gasteiger partial charge in [-0.05, 0) is 83.4 Å². The summed E-state index contributed by atoms with van der Waals surface area (Å²) < 4.78 is 7.11. The summed E-state index contributed by atoms with van der Waals surface area (Å²) in [5.74, 6) is 0.911. The fraction of sp³-hybridized carbons (Fsp3) is 0.0200. The molecule has 0 saturated carbocycles. The number of rotatable bonds is 4. The van der Waals surface area contributed by atoms with Crippen LogP contribution in [-0.2, 0) is 5.41 Å². The minimum Gasteiger partial charge on any atom is -0.309 e. The molecule has 3 aromatic heterocycles. The summed E-state index contributed by atoms with van der Waals surface area (Å²) in [5.41, 5.74) is 13.5. The highest BCUT2D eigenvalue weighted by Crippen LogP contribution is 2.57. The van der Waals surface area contributed by atoms with E-state index in [1.165, 1.54) is 59.5 Å². The van der Waals surface area contributed by atoms with Crippen molar-refractivity contribution in [3.8, 4) is 11.4 Å². The van der Waals surface area contributed by atoms with E-state index in [9.17, 15) is 0 Å². The average molecular weight is 721 g/mol. The maximum absolute atomic E-state index is 5.18. The average Bonchev–Trinajstić information content (AvgIpc) is 3.90. The van der Waals surface area contributed by atoms with Gasteiger partial charge in [0, 0.05) is 31.8 Å². The quantitative estimate of drug-likeness (QED) is 0.181. The zero-order chi connectivity index (χ0) is 36.1. The van der Waals surface area contributed by atoms with E-state index >= 15 is 0 Å². The van der Waals surface area contributed by atoms with Crippen molar-refractivity contribution in [2.45, 2.75) is 15.2 Å². The number of hydrogen-bond acceptors (Lipinski definition) is 2. The molecule has 11 aromatic rings. The second-order valence-corrected chi connectivity index (χ2v) is 15.4. The normalized spacial score (nSPS) is 13.5. The van der Waals surface area contributed by atoms with Crippen LogP contribution in [0.3, 0.4) is 0 Å². The fourth-order valence-electron chi connectivity index (χ4n) is 9.39. The molecule has 1 aliphatic heterocycles. The minimum absolute atomic E-state index is 0.563. The van der Waals surface area contributed by atoms with Crippen molar-refractivity contribution in [3.05, 3.63) is 216 Å². The number of imidazole rings is 2. The van der Waals surface area contributed by atoms with E-state index in [4.69, 9.17) is 4.98 Å². The first-order valence-corrected chi connectivity index (χ1v) is 19.5. The van der Waals surface area contributed by atoms with E-state index in [-0.39, 0.29) is 0 Å². The zero-order valence-corrected chi connectivity index (χ0v) is 30.5. The second kappa shape index (κ2) is 11.6. The molecule has 12 rings (SSSR count). The summed E-state index contributed by atoms with van der Waals surface area (Å²) in [7, 11) is 0. The van der Waals surface area contributed by atoms with Crippen molar-refractivity contribution >= 4 is 61.4 Å². The van der Waals surface area contributed by atoms with E-state index in [0.29, 0.717) is 0 Å². The van der Waals surface area contributed by atoms with E-state index < -0.39 is 5.41 Å². The maximum atomic E-state index is 5.18. The van der Waals surface area contributed by atoms with Crippen LogP contribution < -0.4 is 0 Å². The molecule has 55 heavy (non-hydrogen) atoms. The van der Waals surface area contributed by atoms with Crippen LogP contribution in [0.2, 0.25) is 0 Å². The van der Waals surface area contributed by atoms with Crippen LogP contribution >= 0.6 is 11.8 Å². The summed E-state index contributed by atoms with van der Waals surface area (Å²) in [6, 6.07) is 70.9. The van der Waals surface area contributed by atoms with Crippen LogP contribution in [0, 0.1) is 0 Å². The van der Waals surface area contributed by atoms with Crippen LogP contribution in [0.5, 0.6) is 0 Å². The SMILES string of the molecule is c1ccc(C2(c3ccccc3)c3ccccc3Sc3cccc(-n4c5ccccc5c5cc(-n6c7ccccc7n7c8ccccc8nc67)ccc54)c32)cc1. The molecule has 0 aliphatic carbocycles. The van der Waals surface area contributed by atoms with E-state index in [1.807, 2.05) is 11.8 Å². The first-order chi connectivity index (χ1) is 27.3. The van der Waals surface area contributed by atoms with Gasteiger partial charge in [0.15, 0.2) is 0 Å². The minimum atomic E-state index is -0.563. The van der Waals surface area contributed by atoms with Gasteiger partial charge in [-0.25, -0.2) is 4.98 Å². The van der Waals surface area contributed by atoms with Crippen LogP contribution in [0.15, 0.2) is 204 Å². The highest BCUT2D eigenvalue weighted by atomic mass is 32.2. The Hall–Kier alpha value is -6.82. The summed E-state index contributed by atoms with van der Waals surface area (Å²) in [4.78, 5) is 7.73. The molecule has 4 heterocycles. The predicted octanol–water partition coefficient (Wildman–Crippen LogP) is 12.4. The van der Waals surface area contributed by atoms with Crippen molar-refractivity contribution in [1.29, 1.82) is 0 Å². The summed E-state index contributed by atoms with van der Waals surface area (Å²) in [6.45, 7) is 0. The number of aromatic nitrogens is 4. The van der Waals surface area contributed by atoms with Crippen molar-refractivity contribution in [2.24, 2.45) is 0 Å². The van der Waals surface area contributed by atoms with Gasteiger partial charge in [0.2, 0.25) is 5.78 Å². The molecule has 5 heteroatoms. The second-order valence-electron chi connectivity index (χ2n) is 14.3. The van der Waals surface area contributed by atoms with E-state index in [1.54, 1.807) is 0 Å². The van der Waals surface area contributed by atoms with E-state index in [2.05, 4.69) is 208 Å². The van der Waals surface area contributed by atoms with Gasteiger partial charge < -0.3 is 4.57 Å². The number of nitrogens with zero attached hydrogens (tertiary/aromatic N) is 4. The molecule has 0 spiro atoms. The van der Waals surface area contributed by atoms with Crippen molar-refractivity contribution < 1.29 is 0 Å². The maximum Gasteiger partial charge on any atom is 0.220 e. The number of hydrogen-bond donors (Lipinski definition) is 0. The Morgan fingerprint density at radius 1 is 0.436 bits per heavy atom. The standard InChI is InChI=1S/C50H32N4S/c1-3-16-33(17-4-1)50(34-18-5-2-6-19-34)38-21-8-14-28-46(38)55-47-29-15-27-45(48(47)50)53-40-23-10-7-20-36(40)37-32-35(30-31-41(37)53)52-43-25-12-13-26-44(43)54-42-24-11-9-22-39(42)51-49(52)54/h1-32H. The molecule has 0 atom stereocenters. The lowest BCUT2D eigenvalue weighted by Crippen LogP contribution is -2.35. The Morgan fingerprint density at radius 2 is 1.05 bits per heavy atom. The lowest BCUT2D eigenvalue weighted by atomic mass is 9.64. The van der Waals surface area contributed by atoms with Crippen molar-refractivity contribution in [2.75, 3.05) is 0 Å². The van der Waals surface area contributed by atoms with Crippen LogP contribution in [-0.4, -0.2) is 18.5 Å². The third-order valence-corrected chi connectivity index (χ3v) is 12.7. The lowest BCUT2D eigenvalue weighted by molar-refractivity contribution is 0.697. The third kappa shape index (κ3) is 4.16. The van der Waals surface area contributed by atoms with Gasteiger partial charge in [0.25, 0.3) is 0 Å². The topological polar surface area (TPSA) is 27.2 Å². The third-order valence-electron chi connectivity index (χ3n) is 11.6. The molecule has 0 radical (unpaired) electrons. The zero-order valence-electron chi connectivity index (χ0n) is 29.7. The first-order valence-electron chi connectivity index (χ1n) is 18.7. The molecular weight excluding hydrogens is 689 g/mol. The van der Waals surface area contributed by atoms with Gasteiger partial charge in [-0.3, -0.25) is 8.97 Å². The van der Waals surface area contributed by atoms with Crippen LogP contribution in [0.1, 0.15) is 22.3 Å². The summed E-state index contributed by atoms with van der Waals surface area (Å²) in [5, 5.41) is 2.42. The number of benzene rings is 8. The molecule has 0 N–H and O–H groups in total. The first kappa shape index (κ1) is 30.6. The largest absolute Gasteiger partial charge is 0.309 e. The highest BCUT2D eigenvalue weighted by Gasteiger charge is 2.46. The predicted molar refractivity (Wildman–Crippen MR) is 226 cm³/mol. The smallest absolute Gasteiger partial charge is 0.220 e. The Morgan fingerprint density at radius 3 is 1.85 bits per heavy atom. The monoisotopic (exact) mass is 720 g/mol. The van der Waals surface area contributed by atoms with Crippen molar-refractivity contribution in [1.82, 2.24) is 18.5 Å². The molecule has 258 valence electrons. The van der Waals surface area contributed by atoms with E-state index in [0.717, 1.165) is 33.5 Å². The molecular formula is C50H32N4S.